The molecular weight excluding hydrogens is 939 g/mol. The molecule has 0 saturated carbocycles. The van der Waals surface area contributed by atoms with Crippen LogP contribution in [0.15, 0.2) is 60.7 Å². The molecule has 17 heteroatoms. The Kier molecular flexibility index (Phi) is 19.4. The van der Waals surface area contributed by atoms with Crippen LogP contribution in [0, 0.1) is 16.7 Å². The van der Waals surface area contributed by atoms with Gasteiger partial charge in [-0.1, -0.05) is 102 Å². The molecule has 2 aliphatic carbocycles. The first-order valence-electron chi connectivity index (χ1n) is 26.8. The van der Waals surface area contributed by atoms with Gasteiger partial charge in [0.2, 0.25) is 41.4 Å². The van der Waals surface area contributed by atoms with Crippen LogP contribution in [0.4, 0.5) is 0 Å². The van der Waals surface area contributed by atoms with E-state index < -0.39 is 59.0 Å². The summed E-state index contributed by atoms with van der Waals surface area (Å²) >= 11 is 0. The molecule has 404 valence electrons. The van der Waals surface area contributed by atoms with Gasteiger partial charge in [0.15, 0.2) is 0 Å². The van der Waals surface area contributed by atoms with Crippen LogP contribution in [0.5, 0.6) is 0 Å². The number of nitrogens with zero attached hydrogens (tertiary/aromatic N) is 2. The van der Waals surface area contributed by atoms with Crippen molar-refractivity contribution in [3.63, 3.8) is 0 Å². The first-order chi connectivity index (χ1) is 35.0. The van der Waals surface area contributed by atoms with Gasteiger partial charge >= 0.3 is 0 Å². The Morgan fingerprint density at radius 1 is 0.608 bits per heavy atom. The van der Waals surface area contributed by atoms with Gasteiger partial charge in [0, 0.05) is 38.4 Å². The summed E-state index contributed by atoms with van der Waals surface area (Å²) in [5, 5.41) is 21.1. The van der Waals surface area contributed by atoms with Crippen molar-refractivity contribution in [2.45, 2.75) is 180 Å². The molecule has 74 heavy (non-hydrogen) atoms. The zero-order valence-electron chi connectivity index (χ0n) is 45.4. The van der Waals surface area contributed by atoms with Gasteiger partial charge < -0.3 is 47.0 Å². The normalized spacial score (nSPS) is 23.4. The Morgan fingerprint density at radius 2 is 1.05 bits per heavy atom. The number of carbonyl (C=O) groups is 8. The number of nitrogens with one attached hydrogen (secondary N) is 7. The second-order valence-electron chi connectivity index (χ2n) is 23.2. The van der Waals surface area contributed by atoms with E-state index in [2.05, 4.69) is 49.4 Å². The molecule has 2 aliphatic heterocycles. The number of hydrogen-bond donors (Lipinski definition) is 7. The number of rotatable bonds is 19. The predicted molar refractivity (Wildman–Crippen MR) is 284 cm³/mol. The molecule has 0 aromatic heterocycles. The van der Waals surface area contributed by atoms with Gasteiger partial charge in [-0.25, -0.2) is 0 Å². The summed E-state index contributed by atoms with van der Waals surface area (Å²) in [6.07, 6.45) is 8.96. The summed E-state index contributed by atoms with van der Waals surface area (Å²) in [4.78, 5) is 114. The van der Waals surface area contributed by atoms with Crippen molar-refractivity contribution in [1.29, 1.82) is 0 Å². The summed E-state index contributed by atoms with van der Waals surface area (Å²) < 4.78 is 0. The highest BCUT2D eigenvalue weighted by Gasteiger charge is 2.48. The van der Waals surface area contributed by atoms with E-state index in [1.54, 1.807) is 45.0 Å². The molecule has 6 rings (SSSR count). The van der Waals surface area contributed by atoms with Crippen LogP contribution < -0.4 is 37.2 Å². The molecule has 17 nitrogen and oxygen atoms in total. The van der Waals surface area contributed by atoms with E-state index in [4.69, 9.17) is 0 Å². The monoisotopic (exact) mass is 1020 g/mol. The highest BCUT2D eigenvalue weighted by Crippen LogP contribution is 2.35. The summed E-state index contributed by atoms with van der Waals surface area (Å²) in [7, 11) is 3.33. The molecule has 2 aromatic rings. The minimum atomic E-state index is -0.956. The third kappa shape index (κ3) is 14.5. The van der Waals surface area contributed by atoms with Crippen molar-refractivity contribution in [3.05, 3.63) is 82.9 Å². The molecule has 2 heterocycles. The highest BCUT2D eigenvalue weighted by molar-refractivity contribution is 5.95. The molecule has 2 saturated heterocycles. The van der Waals surface area contributed by atoms with Crippen molar-refractivity contribution in [1.82, 2.24) is 47.0 Å². The van der Waals surface area contributed by atoms with Crippen LogP contribution in [0.2, 0.25) is 0 Å². The number of hydrogen-bond acceptors (Lipinski definition) is 10. The van der Waals surface area contributed by atoms with Crippen LogP contribution in [-0.2, 0) is 51.2 Å². The minimum absolute atomic E-state index is 0.0281. The number of ketones is 1. The average Bonchev–Trinajstić information content (AvgIpc) is 3.99. The number of fused-ring (bicyclic) bond motifs is 2. The van der Waals surface area contributed by atoms with E-state index >= 15 is 0 Å². The number of carbonyl (C=O) groups excluding carboxylic acids is 8. The molecule has 0 bridgehead atoms. The molecule has 2 fully saturated rings. The zero-order valence-corrected chi connectivity index (χ0v) is 45.4. The number of benzene rings is 2. The van der Waals surface area contributed by atoms with E-state index in [0.717, 1.165) is 49.7 Å². The third-order valence-electron chi connectivity index (χ3n) is 15.4. The largest absolute Gasteiger partial charge is 0.351 e. The Bertz CT molecular complexity index is 2250. The number of likely N-dealkylation sites (N-methyl/N-ethyl adjacent to an activating group) is 2. The van der Waals surface area contributed by atoms with Gasteiger partial charge in [-0.15, -0.1) is 0 Å². The molecule has 10 atom stereocenters. The molecule has 7 N–H and O–H groups in total. The second kappa shape index (κ2) is 25.1. The van der Waals surface area contributed by atoms with E-state index in [1.165, 1.54) is 16.0 Å². The minimum Gasteiger partial charge on any atom is -0.351 e. The maximum Gasteiger partial charge on any atom is 0.246 e. The molecule has 4 aliphatic rings. The zero-order chi connectivity index (χ0) is 54.1. The van der Waals surface area contributed by atoms with E-state index in [-0.39, 0.29) is 104 Å². The smallest absolute Gasteiger partial charge is 0.246 e. The molecule has 0 radical (unpaired) electrons. The van der Waals surface area contributed by atoms with Crippen molar-refractivity contribution in [3.8, 4) is 0 Å². The Balaban J connectivity index is 1.10. The molecular formula is C57H83N9O8. The van der Waals surface area contributed by atoms with Gasteiger partial charge in [0.25, 0.3) is 0 Å². The standard InChI is InChI=1S/C57H83N9O8/c1-34(58-9)50(69)63-48(56(3,4)5)54(73)65-32-36(30-45(65)52(71)61-43-26-17-21-37-19-11-14-24-41(37)43)29-40(67)23-13-16-28-47(68)60-39-31-46(53(72)62-44-27-18-22-38-20-12-15-25-42(38)44)66(33-39)55(74)49(57(6,7)8)64-51(70)35(2)59-10/h11-16,19-20,24-25,34-36,39,43-46,48-49,58-59H,17-18,21-23,26-33H2,1-10H3,(H,60,68)(H,61,71)(H,62,72)(H,63,69)(H,64,70)/b16-13+/t34-,35-,36-,39-,43+,44+,45-,46-,48+,49+/m0/s1. The Labute approximate surface area is 438 Å². The van der Waals surface area contributed by atoms with Crippen LogP contribution >= 0.6 is 0 Å². The fourth-order valence-corrected chi connectivity index (χ4v) is 10.9. The summed E-state index contributed by atoms with van der Waals surface area (Å²) in [5.74, 6) is -2.89. The van der Waals surface area contributed by atoms with E-state index in [0.29, 0.717) is 0 Å². The van der Waals surface area contributed by atoms with Crippen molar-refractivity contribution >= 4 is 47.1 Å². The third-order valence-corrected chi connectivity index (χ3v) is 15.4. The topological polar surface area (TPSA) is 227 Å². The van der Waals surface area contributed by atoms with Crippen LogP contribution in [-0.4, -0.2) is 126 Å². The molecule has 0 spiro atoms. The van der Waals surface area contributed by atoms with Crippen molar-refractivity contribution in [2.75, 3.05) is 27.2 Å². The first-order valence-corrected chi connectivity index (χ1v) is 26.8. The number of amides is 7. The van der Waals surface area contributed by atoms with Crippen LogP contribution in [0.1, 0.15) is 148 Å². The molecule has 7 amide bonds. The second-order valence-corrected chi connectivity index (χ2v) is 23.2. The number of allylic oxidation sites excluding steroid dienone is 1. The number of likely N-dealkylation sites (tertiary alicyclic amines) is 2. The Hall–Kier alpha value is -5.94. The summed E-state index contributed by atoms with van der Waals surface area (Å²) in [5.41, 5.74) is 3.08. The van der Waals surface area contributed by atoms with E-state index in [9.17, 15) is 38.4 Å². The van der Waals surface area contributed by atoms with Crippen LogP contribution in [0.25, 0.3) is 0 Å². The highest BCUT2D eigenvalue weighted by atomic mass is 16.2. The summed E-state index contributed by atoms with van der Waals surface area (Å²) in [6.45, 7) is 14.8. The maximum atomic E-state index is 14.6. The lowest BCUT2D eigenvalue weighted by atomic mass is 9.85. The fraction of sp³-hybridized carbons (Fsp3) is 0.614. The van der Waals surface area contributed by atoms with E-state index in [1.807, 2.05) is 77.9 Å². The maximum absolute atomic E-state index is 14.6. The lowest BCUT2D eigenvalue weighted by Crippen LogP contribution is -2.59. The number of aryl methyl sites for hydroxylation is 2. The quantitative estimate of drug-likeness (QED) is 0.0991. The summed E-state index contributed by atoms with van der Waals surface area (Å²) in [6, 6.07) is 10.3. The van der Waals surface area contributed by atoms with Crippen LogP contribution in [0.3, 0.4) is 0 Å². The molecule has 0 unspecified atom stereocenters. The van der Waals surface area contributed by atoms with Crippen molar-refractivity contribution in [2.24, 2.45) is 16.7 Å². The van der Waals surface area contributed by atoms with Gasteiger partial charge in [0.1, 0.15) is 30.0 Å². The SMILES string of the molecule is CN[C@@H](C)C(=O)N[C@H](C(=O)N1C[C@@H](CC(=O)C/C=C/CC(=O)N[C@H]2C[C@@H](C(=O)N[C@@H]3CCCc4ccccc43)N(C(=O)[C@@H](NC(=O)[C@H](C)NC)C(C)(C)C)C2)C[C@H]1C(=O)N[C@@H]1CCCc2ccccc21)C(C)(C)C. The van der Waals surface area contributed by atoms with Gasteiger partial charge in [-0.3, -0.25) is 38.4 Å². The predicted octanol–water partition coefficient (Wildman–Crippen LogP) is 4.25. The average molecular weight is 1020 g/mol. The lowest BCUT2D eigenvalue weighted by molar-refractivity contribution is -0.144. The van der Waals surface area contributed by atoms with Crippen molar-refractivity contribution < 1.29 is 38.4 Å². The Morgan fingerprint density at radius 3 is 1.53 bits per heavy atom. The van der Waals surface area contributed by atoms with Gasteiger partial charge in [0.05, 0.1) is 24.2 Å². The van der Waals surface area contributed by atoms with Gasteiger partial charge in [-0.05, 0) is 118 Å². The number of Topliss-reactive ketones (excluding diaryl/α,β-unsaturated/α-hetero) is 1. The van der Waals surface area contributed by atoms with Gasteiger partial charge in [-0.2, -0.15) is 0 Å². The first kappa shape index (κ1) is 57.3. The fourth-order valence-electron chi connectivity index (χ4n) is 10.9. The lowest BCUT2D eigenvalue weighted by Gasteiger charge is -2.36. The molecule has 2 aromatic carbocycles.